The molecule has 2 N–H and O–H groups in total. The quantitative estimate of drug-likeness (QED) is 0.462. The molecule has 0 radical (unpaired) electrons. The summed E-state index contributed by atoms with van der Waals surface area (Å²) in [6.45, 7) is 9.39. The van der Waals surface area contributed by atoms with Crippen LogP contribution in [-0.2, 0) is 32.5 Å². The van der Waals surface area contributed by atoms with E-state index in [2.05, 4.69) is 36.1 Å². The minimum Gasteiger partial charge on any atom is -0.453 e. The minimum atomic E-state index is -3.77. The van der Waals surface area contributed by atoms with Gasteiger partial charge in [0.2, 0.25) is 10.0 Å². The second-order valence-electron chi connectivity index (χ2n) is 12.8. The van der Waals surface area contributed by atoms with Gasteiger partial charge in [0, 0.05) is 29.6 Å². The number of sulfonamides is 1. The summed E-state index contributed by atoms with van der Waals surface area (Å²) in [6, 6.07) is 5.69. The topological polar surface area (TPSA) is 151 Å². The summed E-state index contributed by atoms with van der Waals surface area (Å²) in [6.07, 6.45) is 1.48. The largest absolute Gasteiger partial charge is 0.453 e. The van der Waals surface area contributed by atoms with Gasteiger partial charge >= 0.3 is 12.2 Å². The van der Waals surface area contributed by atoms with E-state index < -0.39 is 34.0 Å². The molecule has 1 aromatic carbocycles. The summed E-state index contributed by atoms with van der Waals surface area (Å²) < 4.78 is 38.6. The van der Waals surface area contributed by atoms with Crippen LogP contribution >= 0.6 is 11.3 Å². The average Bonchev–Trinajstić information content (AvgIpc) is 3.45. The van der Waals surface area contributed by atoms with Crippen LogP contribution in [0.3, 0.4) is 0 Å². The molecule has 238 valence electrons. The molecule has 5 rings (SSSR count). The smallest absolute Gasteiger partial charge is 0.413 e. The lowest BCUT2D eigenvalue weighted by Gasteiger charge is -2.39. The van der Waals surface area contributed by atoms with Gasteiger partial charge in [-0.15, -0.1) is 11.3 Å². The van der Waals surface area contributed by atoms with Gasteiger partial charge in [-0.1, -0.05) is 20.8 Å². The van der Waals surface area contributed by atoms with E-state index in [4.69, 9.17) is 4.74 Å². The lowest BCUT2D eigenvalue weighted by atomic mass is 9.65. The van der Waals surface area contributed by atoms with Crippen molar-refractivity contribution in [1.82, 2.24) is 14.5 Å². The van der Waals surface area contributed by atoms with Crippen LogP contribution in [0.25, 0.3) is 0 Å². The fourth-order valence-corrected chi connectivity index (χ4v) is 10.1. The molecule has 2 bridgehead atoms. The highest BCUT2D eigenvalue weighted by Gasteiger charge is 2.53. The normalized spacial score (nSPS) is 22.6. The third-order valence-corrected chi connectivity index (χ3v) is 11.6. The number of carbonyl (C=O) groups is 4. The Balaban J connectivity index is 1.37. The van der Waals surface area contributed by atoms with Crippen LogP contribution in [-0.4, -0.2) is 74.5 Å². The molecule has 2 fully saturated rings. The van der Waals surface area contributed by atoms with Gasteiger partial charge in [0.25, 0.3) is 11.8 Å². The molecule has 2 aliphatic heterocycles. The molecule has 1 aromatic heterocycles. The van der Waals surface area contributed by atoms with Gasteiger partial charge in [0.15, 0.2) is 0 Å². The number of nitrogens with zero attached hydrogens (tertiary/aromatic N) is 2. The van der Waals surface area contributed by atoms with E-state index in [0.29, 0.717) is 30.0 Å². The molecular formula is C30H38N4O8S2. The van der Waals surface area contributed by atoms with E-state index in [1.807, 2.05) is 0 Å². The number of alkyl carbamates (subject to hydrolysis) is 1. The number of amides is 4. The van der Waals surface area contributed by atoms with Crippen LogP contribution in [0.5, 0.6) is 0 Å². The number of hydrogen-bond donors (Lipinski definition) is 2. The second kappa shape index (κ2) is 11.8. The van der Waals surface area contributed by atoms with Gasteiger partial charge in [0.1, 0.15) is 5.00 Å². The molecule has 2 aromatic rings. The number of thiophene rings is 1. The molecule has 1 saturated carbocycles. The van der Waals surface area contributed by atoms with Crippen molar-refractivity contribution in [3.05, 3.63) is 45.8 Å². The van der Waals surface area contributed by atoms with E-state index >= 15 is 0 Å². The molecule has 2 atom stereocenters. The van der Waals surface area contributed by atoms with Crippen molar-refractivity contribution < 1.29 is 37.1 Å². The maximum Gasteiger partial charge on any atom is 0.413 e. The molecule has 4 amide bonds. The third kappa shape index (κ3) is 6.20. The number of benzene rings is 1. The van der Waals surface area contributed by atoms with Gasteiger partial charge in [-0.05, 0) is 73.3 Å². The van der Waals surface area contributed by atoms with Gasteiger partial charge in [-0.25, -0.2) is 18.0 Å². The van der Waals surface area contributed by atoms with E-state index in [0.717, 1.165) is 37.7 Å². The molecular weight excluding hydrogens is 608 g/mol. The molecule has 3 heterocycles. The Morgan fingerprint density at radius 3 is 2.43 bits per heavy atom. The van der Waals surface area contributed by atoms with Crippen LogP contribution in [0, 0.1) is 10.8 Å². The van der Waals surface area contributed by atoms with Crippen LogP contribution < -0.4 is 10.6 Å². The average molecular weight is 647 g/mol. The number of fused-ring (bicyclic) bond motifs is 3. The number of methoxy groups -OCH3 is 1. The first kappa shape index (κ1) is 31.9. The van der Waals surface area contributed by atoms with Crippen molar-refractivity contribution in [2.24, 2.45) is 10.8 Å². The van der Waals surface area contributed by atoms with Crippen LogP contribution in [0.2, 0.25) is 0 Å². The Morgan fingerprint density at radius 2 is 1.77 bits per heavy atom. The monoisotopic (exact) mass is 646 g/mol. The lowest BCUT2D eigenvalue weighted by Crippen LogP contribution is -2.37. The fourth-order valence-electron chi connectivity index (χ4n) is 7.09. The standard InChI is InChI=1S/C30H38N4O8S2/c1-6-42-28(38)33-12-11-21-22(15-33)43-26(23(21)25(36)32-27(37)41-5)31-24(35)18-7-9-20(10-8-18)44(39,40)34-17-30(4)14-19(34)13-29(2,3)16-30/h7-10,19H,6,11-17H2,1-5H3,(H,31,35)(H,32,36,37). The number of hydrogen-bond acceptors (Lipinski definition) is 9. The van der Waals surface area contributed by atoms with Crippen molar-refractivity contribution >= 4 is 50.4 Å². The van der Waals surface area contributed by atoms with Gasteiger partial charge in [-0.2, -0.15) is 4.31 Å². The van der Waals surface area contributed by atoms with Gasteiger partial charge in [-0.3, -0.25) is 14.9 Å². The summed E-state index contributed by atoms with van der Waals surface area (Å²) >= 11 is 1.12. The molecule has 0 spiro atoms. The highest BCUT2D eigenvalue weighted by molar-refractivity contribution is 7.89. The summed E-state index contributed by atoms with van der Waals surface area (Å²) in [5, 5.41) is 5.10. The van der Waals surface area contributed by atoms with E-state index in [1.54, 1.807) is 11.2 Å². The predicted molar refractivity (Wildman–Crippen MR) is 163 cm³/mol. The Kier molecular flexibility index (Phi) is 8.55. The summed E-state index contributed by atoms with van der Waals surface area (Å²) in [5.74, 6) is -1.31. The maximum atomic E-state index is 13.7. The molecule has 14 heteroatoms. The number of anilines is 1. The zero-order chi connectivity index (χ0) is 32.0. The van der Waals surface area contributed by atoms with E-state index in [1.165, 1.54) is 29.2 Å². The van der Waals surface area contributed by atoms with Crippen molar-refractivity contribution in [3.63, 3.8) is 0 Å². The third-order valence-electron chi connectivity index (χ3n) is 8.53. The Hall–Kier alpha value is -3.49. The second-order valence-corrected chi connectivity index (χ2v) is 15.8. The first-order valence-electron chi connectivity index (χ1n) is 14.6. The van der Waals surface area contributed by atoms with Crippen molar-refractivity contribution in [1.29, 1.82) is 0 Å². The summed E-state index contributed by atoms with van der Waals surface area (Å²) in [5.41, 5.74) is 0.916. The molecule has 1 aliphatic carbocycles. The number of ether oxygens (including phenoxy) is 2. The van der Waals surface area contributed by atoms with Crippen LogP contribution in [0.4, 0.5) is 14.6 Å². The number of imide groups is 1. The molecule has 3 aliphatic rings. The molecule has 44 heavy (non-hydrogen) atoms. The highest BCUT2D eigenvalue weighted by Crippen LogP contribution is 2.53. The zero-order valence-electron chi connectivity index (χ0n) is 25.5. The van der Waals surface area contributed by atoms with Gasteiger partial charge in [0.05, 0.1) is 30.7 Å². The zero-order valence-corrected chi connectivity index (χ0v) is 27.2. The number of carbonyl (C=O) groups excluding carboxylic acids is 4. The van der Waals surface area contributed by atoms with E-state index in [-0.39, 0.29) is 51.0 Å². The first-order chi connectivity index (χ1) is 20.7. The van der Waals surface area contributed by atoms with Crippen molar-refractivity contribution in [2.45, 2.75) is 70.9 Å². The molecule has 1 saturated heterocycles. The lowest BCUT2D eigenvalue weighted by molar-refractivity contribution is 0.0936. The maximum absolute atomic E-state index is 13.7. The summed E-state index contributed by atoms with van der Waals surface area (Å²) in [4.78, 5) is 52.9. The SMILES string of the molecule is CCOC(=O)N1CCc2c(sc(NC(=O)c3ccc(S(=O)(=O)N4CC5(C)CC4CC(C)(C)C5)cc3)c2C(=O)NC(=O)OC)C1. The highest BCUT2D eigenvalue weighted by atomic mass is 32.2. The van der Waals surface area contributed by atoms with Crippen LogP contribution in [0.15, 0.2) is 29.2 Å². The molecule has 2 unspecified atom stereocenters. The fraction of sp³-hybridized carbons (Fsp3) is 0.533. The van der Waals surface area contributed by atoms with E-state index in [9.17, 15) is 27.6 Å². The first-order valence-corrected chi connectivity index (χ1v) is 16.8. The molecule has 12 nitrogen and oxygen atoms in total. The number of rotatable bonds is 6. The minimum absolute atomic E-state index is 0.0594. The number of nitrogens with one attached hydrogen (secondary N) is 2. The van der Waals surface area contributed by atoms with Crippen molar-refractivity contribution in [3.8, 4) is 0 Å². The Morgan fingerprint density at radius 1 is 1.07 bits per heavy atom. The van der Waals surface area contributed by atoms with Crippen molar-refractivity contribution in [2.75, 3.05) is 32.1 Å². The van der Waals surface area contributed by atoms with Gasteiger partial charge < -0.3 is 19.7 Å². The summed E-state index contributed by atoms with van der Waals surface area (Å²) in [7, 11) is -2.64. The Labute approximate surface area is 261 Å². The predicted octanol–water partition coefficient (Wildman–Crippen LogP) is 4.60. The Bertz CT molecular complexity index is 1600. The van der Waals surface area contributed by atoms with Crippen LogP contribution in [0.1, 0.15) is 78.1 Å².